The molecule has 0 heterocycles. The van der Waals surface area contributed by atoms with Gasteiger partial charge in [0.15, 0.2) is 5.78 Å². The van der Waals surface area contributed by atoms with E-state index < -0.39 is 17.5 Å². The molecule has 7 heteroatoms. The summed E-state index contributed by atoms with van der Waals surface area (Å²) in [5.41, 5.74) is -0.624. The van der Waals surface area contributed by atoms with Crippen molar-refractivity contribution in [3.8, 4) is 6.07 Å². The highest BCUT2D eigenvalue weighted by molar-refractivity contribution is 6.06. The van der Waals surface area contributed by atoms with Crippen LogP contribution in [-0.4, -0.2) is 17.9 Å². The second-order valence-corrected chi connectivity index (χ2v) is 5.83. The molecule has 23 heavy (non-hydrogen) atoms. The van der Waals surface area contributed by atoms with Gasteiger partial charge in [-0.3, -0.25) is 9.59 Å². The van der Waals surface area contributed by atoms with Crippen molar-refractivity contribution < 1.29 is 22.8 Å². The van der Waals surface area contributed by atoms with Crippen molar-refractivity contribution in [2.75, 3.05) is 5.32 Å². The Balaban J connectivity index is 3.10. The fraction of sp³-hybridized carbons (Fsp3) is 0.312. The van der Waals surface area contributed by atoms with E-state index in [1.807, 2.05) is 0 Å². The Kier molecular flexibility index (Phi) is 5.33. The molecule has 0 unspecified atom stereocenters. The largest absolute Gasteiger partial charge is 0.471 e. The molecular weight excluding hydrogens is 309 g/mol. The van der Waals surface area contributed by atoms with Crippen molar-refractivity contribution in [3.63, 3.8) is 0 Å². The number of carbonyl (C=O) groups excluding carboxylic acids is 2. The highest BCUT2D eigenvalue weighted by Gasteiger charge is 2.38. The van der Waals surface area contributed by atoms with Crippen LogP contribution in [0, 0.1) is 16.7 Å². The van der Waals surface area contributed by atoms with E-state index in [2.05, 4.69) is 0 Å². The number of carbonyl (C=O) groups is 2. The second kappa shape index (κ2) is 6.65. The van der Waals surface area contributed by atoms with Gasteiger partial charge in [-0.05, 0) is 23.8 Å². The smallest absolute Gasteiger partial charge is 0.318 e. The number of Topliss-reactive ketones (excluding diaryl/α,β-unsaturated/α-hetero) is 1. The monoisotopic (exact) mass is 324 g/mol. The van der Waals surface area contributed by atoms with Crippen LogP contribution in [0.15, 0.2) is 29.8 Å². The van der Waals surface area contributed by atoms with Crippen molar-refractivity contribution in [2.24, 2.45) is 5.41 Å². The molecule has 1 N–H and O–H groups in total. The minimum absolute atomic E-state index is 0.0819. The van der Waals surface area contributed by atoms with E-state index >= 15 is 0 Å². The van der Waals surface area contributed by atoms with Gasteiger partial charge in [0.1, 0.15) is 6.07 Å². The van der Waals surface area contributed by atoms with Gasteiger partial charge >= 0.3 is 12.1 Å². The lowest BCUT2D eigenvalue weighted by molar-refractivity contribution is -0.167. The Hall–Kier alpha value is -2.62. The van der Waals surface area contributed by atoms with Crippen molar-refractivity contribution in [1.82, 2.24) is 0 Å². The number of nitrogens with zero attached hydrogens (tertiary/aromatic N) is 1. The van der Waals surface area contributed by atoms with Crippen LogP contribution in [-0.2, 0) is 9.59 Å². The van der Waals surface area contributed by atoms with Gasteiger partial charge in [0.2, 0.25) is 0 Å². The van der Waals surface area contributed by atoms with E-state index in [1.165, 1.54) is 30.3 Å². The van der Waals surface area contributed by atoms with Crippen molar-refractivity contribution in [2.45, 2.75) is 26.9 Å². The van der Waals surface area contributed by atoms with Gasteiger partial charge in [-0.2, -0.15) is 18.4 Å². The Morgan fingerprint density at radius 1 is 1.22 bits per heavy atom. The maximum atomic E-state index is 12.2. The molecular formula is C16H15F3N2O2. The zero-order valence-corrected chi connectivity index (χ0v) is 12.8. The molecule has 0 spiro atoms. The summed E-state index contributed by atoms with van der Waals surface area (Å²) in [6.07, 6.45) is -3.72. The lowest BCUT2D eigenvalue weighted by Gasteiger charge is -2.15. The summed E-state index contributed by atoms with van der Waals surface area (Å²) in [7, 11) is 0. The van der Waals surface area contributed by atoms with Gasteiger partial charge in [-0.1, -0.05) is 32.9 Å². The van der Waals surface area contributed by atoms with Crippen LogP contribution < -0.4 is 5.32 Å². The molecule has 0 atom stereocenters. The zero-order valence-electron chi connectivity index (χ0n) is 12.8. The molecule has 0 aliphatic carbocycles. The summed E-state index contributed by atoms with van der Waals surface area (Å²) in [6.45, 7) is 4.96. The second-order valence-electron chi connectivity index (χ2n) is 5.83. The highest BCUT2D eigenvalue weighted by atomic mass is 19.4. The number of hydrogen-bond donors (Lipinski definition) is 1. The van der Waals surface area contributed by atoms with E-state index in [1.54, 1.807) is 32.2 Å². The Morgan fingerprint density at radius 2 is 1.83 bits per heavy atom. The van der Waals surface area contributed by atoms with E-state index in [9.17, 15) is 22.8 Å². The molecule has 1 rings (SSSR count). The first-order valence-corrected chi connectivity index (χ1v) is 6.60. The lowest BCUT2D eigenvalue weighted by atomic mass is 9.86. The maximum Gasteiger partial charge on any atom is 0.471 e. The summed E-state index contributed by atoms with van der Waals surface area (Å²) in [5, 5.41) is 10.8. The number of ketones is 1. The van der Waals surface area contributed by atoms with Crippen LogP contribution in [0.3, 0.4) is 0 Å². The summed E-state index contributed by atoms with van der Waals surface area (Å²) in [5.74, 6) is -2.48. The predicted molar refractivity (Wildman–Crippen MR) is 79.2 cm³/mol. The van der Waals surface area contributed by atoms with Gasteiger partial charge in [0, 0.05) is 11.1 Å². The molecule has 1 aromatic carbocycles. The van der Waals surface area contributed by atoms with Crippen LogP contribution in [0.2, 0.25) is 0 Å². The molecule has 0 fully saturated rings. The van der Waals surface area contributed by atoms with E-state index in [0.717, 1.165) is 0 Å². The third kappa shape index (κ3) is 5.25. The number of allylic oxidation sites excluding steroid dienone is 1. The van der Waals surface area contributed by atoms with Crippen LogP contribution in [0.1, 0.15) is 26.3 Å². The van der Waals surface area contributed by atoms with Crippen LogP contribution in [0.5, 0.6) is 0 Å². The number of rotatable bonds is 3. The predicted octanol–water partition coefficient (Wildman–Crippen LogP) is 3.71. The molecule has 0 aliphatic rings. The molecule has 1 aromatic rings. The van der Waals surface area contributed by atoms with Gasteiger partial charge < -0.3 is 5.32 Å². The van der Waals surface area contributed by atoms with E-state index in [4.69, 9.17) is 5.26 Å². The molecule has 0 aliphatic heterocycles. The number of nitrogens with one attached hydrogen (secondary N) is 1. The molecule has 0 aromatic heterocycles. The Bertz CT molecular complexity index is 693. The number of halogens is 3. The molecule has 1 amide bonds. The summed E-state index contributed by atoms with van der Waals surface area (Å²) >= 11 is 0. The quantitative estimate of drug-likeness (QED) is 0.680. The minimum Gasteiger partial charge on any atom is -0.318 e. The van der Waals surface area contributed by atoms with Crippen molar-refractivity contribution in [3.05, 3.63) is 35.4 Å². The first kappa shape index (κ1) is 18.4. The third-order valence-corrected chi connectivity index (χ3v) is 2.76. The first-order chi connectivity index (χ1) is 10.4. The van der Waals surface area contributed by atoms with Crippen molar-refractivity contribution >= 4 is 23.5 Å². The topological polar surface area (TPSA) is 70.0 Å². The molecule has 122 valence electrons. The third-order valence-electron chi connectivity index (χ3n) is 2.76. The van der Waals surface area contributed by atoms with Crippen molar-refractivity contribution in [1.29, 1.82) is 5.26 Å². The first-order valence-electron chi connectivity index (χ1n) is 6.60. The number of nitriles is 1. The molecule has 0 radical (unpaired) electrons. The van der Waals surface area contributed by atoms with Crippen LogP contribution in [0.25, 0.3) is 6.08 Å². The molecule has 0 saturated carbocycles. The Morgan fingerprint density at radius 3 is 2.30 bits per heavy atom. The highest BCUT2D eigenvalue weighted by Crippen LogP contribution is 2.23. The van der Waals surface area contributed by atoms with Gasteiger partial charge in [0.25, 0.3) is 0 Å². The number of alkyl halides is 3. The minimum atomic E-state index is -4.99. The molecule has 0 bridgehead atoms. The fourth-order valence-corrected chi connectivity index (χ4v) is 1.63. The van der Waals surface area contributed by atoms with Gasteiger partial charge in [-0.25, -0.2) is 0 Å². The number of hydrogen-bond acceptors (Lipinski definition) is 3. The summed E-state index contributed by atoms with van der Waals surface area (Å²) < 4.78 is 36.7. The standard InChI is InChI=1S/C16H15F3N2O2/c1-15(2,3)13(22)11(9-20)7-10-5-4-6-12(8-10)21-14(23)16(17,18)19/h4-8H,1-3H3,(H,21,23)/b11-7+. The zero-order chi connectivity index (χ0) is 17.8. The molecule has 0 saturated heterocycles. The Labute approximate surface area is 131 Å². The van der Waals surface area contributed by atoms with Crippen LogP contribution in [0.4, 0.5) is 18.9 Å². The van der Waals surface area contributed by atoms with Gasteiger partial charge in [0.05, 0.1) is 5.57 Å². The molecule has 4 nitrogen and oxygen atoms in total. The lowest BCUT2D eigenvalue weighted by Crippen LogP contribution is -2.29. The van der Waals surface area contributed by atoms with E-state index in [0.29, 0.717) is 5.56 Å². The number of benzene rings is 1. The summed E-state index contributed by atoms with van der Waals surface area (Å²) in [6, 6.07) is 7.23. The maximum absolute atomic E-state index is 12.2. The average molecular weight is 324 g/mol. The fourth-order valence-electron chi connectivity index (χ4n) is 1.63. The average Bonchev–Trinajstić information content (AvgIpc) is 2.42. The van der Waals surface area contributed by atoms with Gasteiger partial charge in [-0.15, -0.1) is 0 Å². The number of anilines is 1. The number of amides is 1. The SMILES string of the molecule is CC(C)(C)C(=O)/C(C#N)=C/c1cccc(NC(=O)C(F)(F)F)c1. The van der Waals surface area contributed by atoms with Crippen LogP contribution >= 0.6 is 0 Å². The normalized spacial score (nSPS) is 12.5. The van der Waals surface area contributed by atoms with E-state index in [-0.39, 0.29) is 17.0 Å². The summed E-state index contributed by atoms with van der Waals surface area (Å²) in [4.78, 5) is 23.0.